The van der Waals surface area contributed by atoms with E-state index in [2.05, 4.69) is 31.0 Å². The van der Waals surface area contributed by atoms with Crippen molar-refractivity contribution in [2.24, 2.45) is 0 Å². The molecule has 11 heteroatoms. The zero-order valence-corrected chi connectivity index (χ0v) is 18.4. The van der Waals surface area contributed by atoms with Crippen molar-refractivity contribution in [3.05, 3.63) is 59.0 Å². The van der Waals surface area contributed by atoms with E-state index in [1.165, 1.54) is 16.8 Å². The Hall–Kier alpha value is -3.60. The Morgan fingerprint density at radius 1 is 1.24 bits per heavy atom. The fraction of sp³-hybridized carbons (Fsp3) is 0.364. The van der Waals surface area contributed by atoms with Gasteiger partial charge in [-0.1, -0.05) is 0 Å². The lowest BCUT2D eigenvalue weighted by Gasteiger charge is -2.12. The van der Waals surface area contributed by atoms with Gasteiger partial charge in [0.25, 0.3) is 0 Å². The molecule has 1 amide bonds. The Kier molecular flexibility index (Phi) is 6.78. The number of carbonyl (C=O) groups is 1. The molecule has 1 aliphatic rings. The van der Waals surface area contributed by atoms with Crippen LogP contribution in [0.15, 0.2) is 30.7 Å². The number of benzene rings is 1. The van der Waals surface area contributed by atoms with E-state index in [4.69, 9.17) is 4.74 Å². The molecule has 0 aliphatic carbocycles. The first-order chi connectivity index (χ1) is 15.9. The predicted octanol–water partition coefficient (Wildman–Crippen LogP) is 2.83. The molecule has 33 heavy (non-hydrogen) atoms. The third-order valence-electron chi connectivity index (χ3n) is 5.18. The van der Waals surface area contributed by atoms with Crippen LogP contribution in [-0.4, -0.2) is 44.9 Å². The Balaban J connectivity index is 1.37. The van der Waals surface area contributed by atoms with Crippen LogP contribution < -0.4 is 16.0 Å². The molecule has 1 aliphatic heterocycles. The summed E-state index contributed by atoms with van der Waals surface area (Å²) >= 11 is 0. The lowest BCUT2D eigenvalue weighted by Crippen LogP contribution is -2.37. The minimum absolute atomic E-state index is 0.0411. The van der Waals surface area contributed by atoms with Crippen molar-refractivity contribution >= 4 is 23.4 Å². The van der Waals surface area contributed by atoms with Crippen molar-refractivity contribution in [2.45, 2.75) is 39.4 Å². The zero-order valence-electron chi connectivity index (χ0n) is 18.4. The molecule has 3 aromatic rings. The van der Waals surface area contributed by atoms with Crippen molar-refractivity contribution in [3.8, 4) is 0 Å². The molecular formula is C22H25F2N7O2. The number of aryl methyl sites for hydroxylation is 2. The summed E-state index contributed by atoms with van der Waals surface area (Å²) in [5.41, 5.74) is 1.77. The van der Waals surface area contributed by atoms with Gasteiger partial charge in [-0.05, 0) is 38.0 Å². The minimum atomic E-state index is -0.609. The molecule has 1 saturated heterocycles. The van der Waals surface area contributed by atoms with Crippen LogP contribution in [-0.2, 0) is 22.6 Å². The number of hydrogen-bond acceptors (Lipinski definition) is 7. The Bertz CT molecular complexity index is 1120. The number of halogens is 2. The average molecular weight is 457 g/mol. The van der Waals surface area contributed by atoms with Gasteiger partial charge in [-0.15, -0.1) is 0 Å². The lowest BCUT2D eigenvalue weighted by atomic mass is 10.1. The van der Waals surface area contributed by atoms with Crippen LogP contribution in [0, 0.1) is 25.5 Å². The van der Waals surface area contributed by atoms with Crippen LogP contribution in [0.5, 0.6) is 0 Å². The van der Waals surface area contributed by atoms with Gasteiger partial charge >= 0.3 is 0 Å². The van der Waals surface area contributed by atoms with Crippen LogP contribution in [0.25, 0.3) is 0 Å². The summed E-state index contributed by atoms with van der Waals surface area (Å²) in [6, 6.07) is 2.62. The highest BCUT2D eigenvalue weighted by molar-refractivity contribution is 5.76. The molecule has 4 rings (SSSR count). The van der Waals surface area contributed by atoms with Gasteiger partial charge < -0.3 is 20.7 Å². The Morgan fingerprint density at radius 2 is 2.03 bits per heavy atom. The molecule has 3 heterocycles. The van der Waals surface area contributed by atoms with Crippen LogP contribution in [0.1, 0.15) is 23.1 Å². The van der Waals surface area contributed by atoms with E-state index in [1.807, 2.05) is 0 Å². The third-order valence-corrected chi connectivity index (χ3v) is 5.18. The van der Waals surface area contributed by atoms with Crippen LogP contribution in [0.4, 0.5) is 26.2 Å². The number of nitrogens with one attached hydrogen (secondary N) is 3. The summed E-state index contributed by atoms with van der Waals surface area (Å²) in [6.45, 7) is 4.63. The van der Waals surface area contributed by atoms with E-state index < -0.39 is 11.6 Å². The molecule has 1 aromatic carbocycles. The Morgan fingerprint density at radius 3 is 2.76 bits per heavy atom. The second kappa shape index (κ2) is 9.90. The van der Waals surface area contributed by atoms with Gasteiger partial charge in [-0.25, -0.2) is 13.8 Å². The monoisotopic (exact) mass is 457 g/mol. The second-order valence-corrected chi connectivity index (χ2v) is 7.97. The molecule has 3 N–H and O–H groups in total. The molecular weight excluding hydrogens is 432 g/mol. The fourth-order valence-electron chi connectivity index (χ4n) is 3.46. The summed E-state index contributed by atoms with van der Waals surface area (Å²) in [7, 11) is 0. The molecule has 9 nitrogen and oxygen atoms in total. The summed E-state index contributed by atoms with van der Waals surface area (Å²) in [4.78, 5) is 20.8. The normalized spacial score (nSPS) is 15.5. The van der Waals surface area contributed by atoms with Crippen molar-refractivity contribution in [3.63, 3.8) is 0 Å². The molecule has 0 spiro atoms. The number of amides is 1. The first kappa shape index (κ1) is 22.6. The fourth-order valence-corrected chi connectivity index (χ4v) is 3.46. The van der Waals surface area contributed by atoms with E-state index in [9.17, 15) is 13.6 Å². The summed E-state index contributed by atoms with van der Waals surface area (Å²) in [5.74, 6) is -0.643. The third kappa shape index (κ3) is 5.80. The smallest absolute Gasteiger partial charge is 0.242 e. The molecule has 1 fully saturated rings. The summed E-state index contributed by atoms with van der Waals surface area (Å²) in [5, 5.41) is 13.1. The van der Waals surface area contributed by atoms with Crippen molar-refractivity contribution in [1.82, 2.24) is 25.1 Å². The van der Waals surface area contributed by atoms with Crippen LogP contribution in [0.3, 0.4) is 0 Å². The van der Waals surface area contributed by atoms with E-state index in [-0.39, 0.29) is 36.6 Å². The standard InChI is InChI=1S/C22H25F2N7O2/c1-13-5-18(23)17(19(24)6-13)9-25-21-14(2)7-26-22(30-21)29-16-8-27-31(10-16)11-20(32)28-15-3-4-33-12-15/h5-8,10,15H,3-4,9,11-12H2,1-2H3,(H,28,32)(H2,25,26,29,30). The highest BCUT2D eigenvalue weighted by Crippen LogP contribution is 2.20. The number of nitrogens with zero attached hydrogens (tertiary/aromatic N) is 4. The van der Waals surface area contributed by atoms with Crippen molar-refractivity contribution in [1.29, 1.82) is 0 Å². The predicted molar refractivity (Wildman–Crippen MR) is 118 cm³/mol. The van der Waals surface area contributed by atoms with Crippen molar-refractivity contribution in [2.75, 3.05) is 23.8 Å². The van der Waals surface area contributed by atoms with Gasteiger partial charge in [0.2, 0.25) is 11.9 Å². The number of ether oxygens (including phenoxy) is 1. The highest BCUT2D eigenvalue weighted by atomic mass is 19.1. The van der Waals surface area contributed by atoms with E-state index in [0.29, 0.717) is 30.3 Å². The number of aromatic nitrogens is 4. The quantitative estimate of drug-likeness (QED) is 0.478. The highest BCUT2D eigenvalue weighted by Gasteiger charge is 2.18. The SMILES string of the molecule is Cc1cc(F)c(CNc2nc(Nc3cnn(CC(=O)NC4CCOC4)c3)ncc2C)c(F)c1. The molecule has 1 atom stereocenters. The maximum Gasteiger partial charge on any atom is 0.242 e. The summed E-state index contributed by atoms with van der Waals surface area (Å²) < 4.78 is 35.0. The molecule has 1 unspecified atom stereocenters. The van der Waals surface area contributed by atoms with Gasteiger partial charge in [0.15, 0.2) is 0 Å². The van der Waals surface area contributed by atoms with Crippen LogP contribution in [0.2, 0.25) is 0 Å². The maximum absolute atomic E-state index is 14.1. The molecule has 0 bridgehead atoms. The van der Waals surface area contributed by atoms with E-state index in [1.54, 1.807) is 32.4 Å². The largest absolute Gasteiger partial charge is 0.379 e. The van der Waals surface area contributed by atoms with Gasteiger partial charge in [0.05, 0.1) is 24.5 Å². The van der Waals surface area contributed by atoms with Gasteiger partial charge in [-0.2, -0.15) is 10.1 Å². The topological polar surface area (TPSA) is 106 Å². The Labute approximate surface area is 189 Å². The number of rotatable bonds is 8. The number of anilines is 3. The molecule has 0 radical (unpaired) electrons. The molecule has 174 valence electrons. The first-order valence-corrected chi connectivity index (χ1v) is 10.6. The lowest BCUT2D eigenvalue weighted by molar-refractivity contribution is -0.122. The minimum Gasteiger partial charge on any atom is -0.379 e. The first-order valence-electron chi connectivity index (χ1n) is 10.6. The van der Waals surface area contributed by atoms with Gasteiger partial charge in [0.1, 0.15) is 24.0 Å². The van der Waals surface area contributed by atoms with Crippen molar-refractivity contribution < 1.29 is 18.3 Å². The van der Waals surface area contributed by atoms with E-state index >= 15 is 0 Å². The zero-order chi connectivity index (χ0) is 23.4. The summed E-state index contributed by atoms with van der Waals surface area (Å²) in [6.07, 6.45) is 5.63. The van der Waals surface area contributed by atoms with E-state index in [0.717, 1.165) is 12.0 Å². The number of hydrogen-bond donors (Lipinski definition) is 3. The van der Waals surface area contributed by atoms with Gasteiger partial charge in [-0.3, -0.25) is 9.48 Å². The van der Waals surface area contributed by atoms with Gasteiger partial charge in [0, 0.05) is 36.7 Å². The number of carbonyl (C=O) groups excluding carboxylic acids is 1. The second-order valence-electron chi connectivity index (χ2n) is 7.97. The van der Waals surface area contributed by atoms with Crippen LogP contribution >= 0.6 is 0 Å². The molecule has 0 saturated carbocycles. The molecule has 2 aromatic heterocycles. The average Bonchev–Trinajstić information content (AvgIpc) is 3.41. The maximum atomic E-state index is 14.1.